The molecule has 0 radical (unpaired) electrons. The molecule has 0 aliphatic carbocycles. The maximum atomic E-state index is 5.12. The summed E-state index contributed by atoms with van der Waals surface area (Å²) in [6.45, 7) is 3.04. The molecule has 0 atom stereocenters. The summed E-state index contributed by atoms with van der Waals surface area (Å²) >= 11 is 5.11. The van der Waals surface area contributed by atoms with Crippen LogP contribution in [0.15, 0.2) is 24.3 Å². The van der Waals surface area contributed by atoms with Crippen LogP contribution in [-0.4, -0.2) is 18.8 Å². The molecule has 0 spiro atoms. The molecule has 0 aliphatic heterocycles. The summed E-state index contributed by atoms with van der Waals surface area (Å²) in [7, 11) is 1.64. The van der Waals surface area contributed by atoms with E-state index < -0.39 is 0 Å². The second-order valence-corrected chi connectivity index (χ2v) is 4.00. The van der Waals surface area contributed by atoms with E-state index in [2.05, 4.69) is 23.1 Å². The van der Waals surface area contributed by atoms with Gasteiger partial charge in [-0.25, -0.2) is 0 Å². The van der Waals surface area contributed by atoms with Crippen LogP contribution in [0.5, 0.6) is 5.75 Å². The summed E-state index contributed by atoms with van der Waals surface area (Å²) in [6, 6.07) is 7.63. The highest BCUT2D eigenvalue weighted by molar-refractivity contribution is 7.80. The monoisotopic (exact) mass is 253 g/mol. The Kier molecular flexibility index (Phi) is 6.17. The first-order valence-electron chi connectivity index (χ1n) is 5.70. The van der Waals surface area contributed by atoms with Crippen LogP contribution in [0.1, 0.15) is 19.8 Å². The summed E-state index contributed by atoms with van der Waals surface area (Å²) in [5.41, 5.74) is 6.84. The summed E-state index contributed by atoms with van der Waals surface area (Å²) in [5.74, 6) is 0.807. The zero-order valence-electron chi connectivity index (χ0n) is 10.2. The third kappa shape index (κ3) is 5.40. The lowest BCUT2D eigenvalue weighted by molar-refractivity contribution is 0.415. The van der Waals surface area contributed by atoms with Gasteiger partial charge in [-0.3, -0.25) is 10.9 Å². The molecule has 0 unspecified atom stereocenters. The smallest absolute Gasteiger partial charge is 0.185 e. The molecular weight excluding hydrogens is 234 g/mol. The summed E-state index contributed by atoms with van der Waals surface area (Å²) in [4.78, 5) is 0. The second kappa shape index (κ2) is 7.73. The van der Waals surface area contributed by atoms with Crippen molar-refractivity contribution < 1.29 is 4.74 Å². The molecule has 0 heterocycles. The summed E-state index contributed by atoms with van der Waals surface area (Å²) < 4.78 is 5.12. The molecule has 0 fully saturated rings. The Balaban J connectivity index is 2.31. The fourth-order valence-corrected chi connectivity index (χ4v) is 1.41. The number of ether oxygens (including phenoxy) is 1. The van der Waals surface area contributed by atoms with E-state index in [-0.39, 0.29) is 0 Å². The number of thiocarbonyl (C=S) groups is 1. The molecule has 1 aromatic rings. The minimum absolute atomic E-state index is 0.598. The van der Waals surface area contributed by atoms with Crippen LogP contribution in [0.3, 0.4) is 0 Å². The molecule has 0 aliphatic rings. The number of benzene rings is 1. The number of methoxy groups -OCH3 is 1. The number of hydrogen-bond acceptors (Lipinski definition) is 3. The number of anilines is 1. The molecule has 0 amide bonds. The summed E-state index contributed by atoms with van der Waals surface area (Å²) in [6.07, 6.45) is 2.26. The van der Waals surface area contributed by atoms with Crippen LogP contribution < -0.4 is 20.9 Å². The molecule has 1 rings (SSSR count). The van der Waals surface area contributed by atoms with Gasteiger partial charge in [-0.05, 0) is 30.8 Å². The molecule has 0 saturated carbocycles. The van der Waals surface area contributed by atoms with Crippen molar-refractivity contribution >= 4 is 23.0 Å². The Bertz CT molecular complexity index is 357. The van der Waals surface area contributed by atoms with Gasteiger partial charge in [0.15, 0.2) is 5.11 Å². The van der Waals surface area contributed by atoms with Gasteiger partial charge in [-0.15, -0.1) is 0 Å². The predicted octanol–water partition coefficient (Wildman–Crippen LogP) is 2.29. The van der Waals surface area contributed by atoms with Gasteiger partial charge >= 0.3 is 0 Å². The number of rotatable bonds is 6. The maximum absolute atomic E-state index is 5.12. The van der Waals surface area contributed by atoms with E-state index in [1.807, 2.05) is 24.3 Å². The van der Waals surface area contributed by atoms with E-state index in [9.17, 15) is 0 Å². The SMILES string of the molecule is CCCCNC(=S)NNc1cccc(OC)c1. The van der Waals surface area contributed by atoms with Gasteiger partial charge in [0.1, 0.15) is 5.75 Å². The number of hydrogen-bond donors (Lipinski definition) is 3. The normalized spacial score (nSPS) is 9.53. The maximum Gasteiger partial charge on any atom is 0.185 e. The summed E-state index contributed by atoms with van der Waals surface area (Å²) in [5, 5.41) is 3.71. The van der Waals surface area contributed by atoms with E-state index in [0.29, 0.717) is 5.11 Å². The Hall–Kier alpha value is -1.49. The molecular formula is C12H19N3OS. The average Bonchev–Trinajstić information content (AvgIpc) is 2.37. The number of hydrazine groups is 1. The van der Waals surface area contributed by atoms with Crippen molar-refractivity contribution in [3.05, 3.63) is 24.3 Å². The van der Waals surface area contributed by atoms with Crippen LogP contribution in [0, 0.1) is 0 Å². The van der Waals surface area contributed by atoms with Gasteiger partial charge in [0.05, 0.1) is 12.8 Å². The van der Waals surface area contributed by atoms with E-state index in [4.69, 9.17) is 17.0 Å². The third-order valence-electron chi connectivity index (χ3n) is 2.21. The van der Waals surface area contributed by atoms with Crippen LogP contribution in [0.2, 0.25) is 0 Å². The Morgan fingerprint density at radius 2 is 2.24 bits per heavy atom. The van der Waals surface area contributed by atoms with Gasteiger partial charge in [-0.1, -0.05) is 19.4 Å². The first-order chi connectivity index (χ1) is 8.26. The highest BCUT2D eigenvalue weighted by Crippen LogP contribution is 2.15. The molecule has 4 nitrogen and oxygen atoms in total. The second-order valence-electron chi connectivity index (χ2n) is 3.59. The molecule has 17 heavy (non-hydrogen) atoms. The first-order valence-corrected chi connectivity index (χ1v) is 6.11. The first kappa shape index (κ1) is 13.6. The quantitative estimate of drug-likeness (QED) is 0.412. The molecule has 0 saturated heterocycles. The van der Waals surface area contributed by atoms with E-state index in [1.165, 1.54) is 0 Å². The Morgan fingerprint density at radius 3 is 2.94 bits per heavy atom. The molecule has 94 valence electrons. The van der Waals surface area contributed by atoms with Crippen LogP contribution in [0.4, 0.5) is 5.69 Å². The van der Waals surface area contributed by atoms with Crippen molar-refractivity contribution in [3.8, 4) is 5.75 Å². The van der Waals surface area contributed by atoms with Gasteiger partial charge < -0.3 is 10.1 Å². The van der Waals surface area contributed by atoms with E-state index >= 15 is 0 Å². The zero-order chi connectivity index (χ0) is 12.5. The minimum atomic E-state index is 0.598. The Labute approximate surface area is 108 Å². The van der Waals surface area contributed by atoms with E-state index in [0.717, 1.165) is 30.8 Å². The lowest BCUT2D eigenvalue weighted by atomic mass is 10.3. The number of unbranched alkanes of at least 4 members (excludes halogenated alkanes) is 1. The number of nitrogens with one attached hydrogen (secondary N) is 3. The van der Waals surface area contributed by atoms with E-state index in [1.54, 1.807) is 7.11 Å². The van der Waals surface area contributed by atoms with Crippen molar-refractivity contribution in [2.24, 2.45) is 0 Å². The standard InChI is InChI=1S/C12H19N3OS/c1-3-4-8-13-12(17)15-14-10-6-5-7-11(9-10)16-2/h5-7,9,14H,3-4,8H2,1-2H3,(H2,13,15,17). The highest BCUT2D eigenvalue weighted by Gasteiger charge is 1.96. The molecule has 0 aromatic heterocycles. The van der Waals surface area contributed by atoms with Crippen molar-refractivity contribution in [1.29, 1.82) is 0 Å². The average molecular weight is 253 g/mol. The van der Waals surface area contributed by atoms with Gasteiger partial charge in [0, 0.05) is 12.6 Å². The molecule has 5 heteroatoms. The van der Waals surface area contributed by atoms with Crippen LogP contribution in [0.25, 0.3) is 0 Å². The van der Waals surface area contributed by atoms with Gasteiger partial charge in [0.2, 0.25) is 0 Å². The third-order valence-corrected chi connectivity index (χ3v) is 2.45. The fraction of sp³-hybridized carbons (Fsp3) is 0.417. The largest absolute Gasteiger partial charge is 0.497 e. The van der Waals surface area contributed by atoms with Gasteiger partial charge in [0.25, 0.3) is 0 Å². The van der Waals surface area contributed by atoms with Crippen molar-refractivity contribution in [3.63, 3.8) is 0 Å². The zero-order valence-corrected chi connectivity index (χ0v) is 11.1. The predicted molar refractivity (Wildman–Crippen MR) is 75.3 cm³/mol. The van der Waals surface area contributed by atoms with Crippen LogP contribution >= 0.6 is 12.2 Å². The van der Waals surface area contributed by atoms with Gasteiger partial charge in [-0.2, -0.15) is 0 Å². The Morgan fingerprint density at radius 1 is 1.41 bits per heavy atom. The fourth-order valence-electron chi connectivity index (χ4n) is 1.25. The van der Waals surface area contributed by atoms with Crippen molar-refractivity contribution in [1.82, 2.24) is 10.7 Å². The molecule has 0 bridgehead atoms. The minimum Gasteiger partial charge on any atom is -0.497 e. The lowest BCUT2D eigenvalue weighted by Gasteiger charge is -2.12. The van der Waals surface area contributed by atoms with Crippen molar-refractivity contribution in [2.75, 3.05) is 19.1 Å². The highest BCUT2D eigenvalue weighted by atomic mass is 32.1. The molecule has 3 N–H and O–H groups in total. The van der Waals surface area contributed by atoms with Crippen LogP contribution in [-0.2, 0) is 0 Å². The molecule has 1 aromatic carbocycles. The lowest BCUT2D eigenvalue weighted by Crippen LogP contribution is -2.39. The topological polar surface area (TPSA) is 45.3 Å². The van der Waals surface area contributed by atoms with Crippen molar-refractivity contribution in [2.45, 2.75) is 19.8 Å².